The number of aryl methyl sites for hydroxylation is 1. The molecule has 10 heteroatoms. The van der Waals surface area contributed by atoms with Crippen LogP contribution in [0.3, 0.4) is 0 Å². The van der Waals surface area contributed by atoms with Crippen LogP contribution in [0.2, 0.25) is 5.02 Å². The third kappa shape index (κ3) is 3.56. The Labute approximate surface area is 140 Å². The Balaban J connectivity index is 2.63. The summed E-state index contributed by atoms with van der Waals surface area (Å²) < 4.78 is 36.5. The van der Waals surface area contributed by atoms with E-state index >= 15 is 0 Å². The van der Waals surface area contributed by atoms with Crippen molar-refractivity contribution >= 4 is 17.6 Å². The van der Waals surface area contributed by atoms with Gasteiger partial charge in [-0.1, -0.05) is 11.6 Å². The van der Waals surface area contributed by atoms with Crippen LogP contribution in [0.4, 0.5) is 8.78 Å². The van der Waals surface area contributed by atoms with E-state index in [1.165, 1.54) is 4.68 Å². The molecule has 0 atom stereocenters. The van der Waals surface area contributed by atoms with Crippen molar-refractivity contribution in [3.63, 3.8) is 0 Å². The summed E-state index contributed by atoms with van der Waals surface area (Å²) in [6.07, 6.45) is 2.25. The highest BCUT2D eigenvalue weighted by atomic mass is 35.5. The lowest BCUT2D eigenvalue weighted by Gasteiger charge is -2.10. The molecule has 0 bridgehead atoms. The predicted octanol–water partition coefficient (Wildman–Crippen LogP) is 2.53. The summed E-state index contributed by atoms with van der Waals surface area (Å²) in [5, 5.41) is 13.6. The van der Waals surface area contributed by atoms with E-state index in [-0.39, 0.29) is 34.3 Å². The standard InChI is InChI=1S/C14H15ClF2N3O4/c1-3-20-12(10(15)11(18-20)13(21)23-4-2)8-7-19(22)6-5-9(8)24-14(16)17/h5-7,14,22H,3-4H2,1-2H3/q+1. The molecule has 2 aromatic rings. The van der Waals surface area contributed by atoms with Crippen LogP contribution in [-0.4, -0.2) is 34.2 Å². The summed E-state index contributed by atoms with van der Waals surface area (Å²) in [5.41, 5.74) is 0.0585. The molecule has 24 heavy (non-hydrogen) atoms. The van der Waals surface area contributed by atoms with Crippen LogP contribution >= 0.6 is 11.6 Å². The van der Waals surface area contributed by atoms with Crippen LogP contribution in [-0.2, 0) is 11.3 Å². The number of alkyl halides is 2. The smallest absolute Gasteiger partial charge is 0.387 e. The third-order valence-electron chi connectivity index (χ3n) is 3.04. The number of aromatic nitrogens is 3. The van der Waals surface area contributed by atoms with Crippen LogP contribution in [0.1, 0.15) is 24.3 Å². The zero-order valence-corrected chi connectivity index (χ0v) is 13.6. The topological polar surface area (TPSA) is 77.5 Å². The molecule has 0 aromatic carbocycles. The molecule has 0 saturated carbocycles. The van der Waals surface area contributed by atoms with E-state index < -0.39 is 12.6 Å². The number of rotatable bonds is 6. The molecular weight excluding hydrogens is 348 g/mol. The Bertz CT molecular complexity index is 752. The number of carbonyl (C=O) groups excluding carboxylic acids is 1. The van der Waals surface area contributed by atoms with Crippen molar-refractivity contribution in [1.29, 1.82) is 0 Å². The number of pyridine rings is 1. The first-order valence-electron chi connectivity index (χ1n) is 7.02. The van der Waals surface area contributed by atoms with Gasteiger partial charge in [-0.15, -0.1) is 0 Å². The van der Waals surface area contributed by atoms with Gasteiger partial charge in [0.05, 0.1) is 18.4 Å². The van der Waals surface area contributed by atoms with Gasteiger partial charge in [0, 0.05) is 11.3 Å². The summed E-state index contributed by atoms with van der Waals surface area (Å²) in [6, 6.07) is 1.15. The van der Waals surface area contributed by atoms with Crippen molar-refractivity contribution in [2.75, 3.05) is 6.61 Å². The summed E-state index contributed by atoms with van der Waals surface area (Å²) in [4.78, 5) is 11.9. The average molecular weight is 363 g/mol. The molecule has 0 amide bonds. The van der Waals surface area contributed by atoms with Gasteiger partial charge < -0.3 is 9.47 Å². The van der Waals surface area contributed by atoms with Gasteiger partial charge in [0.2, 0.25) is 12.4 Å². The van der Waals surface area contributed by atoms with E-state index in [2.05, 4.69) is 9.84 Å². The highest BCUT2D eigenvalue weighted by Gasteiger charge is 2.28. The summed E-state index contributed by atoms with van der Waals surface area (Å²) in [6.45, 7) is 0.711. The van der Waals surface area contributed by atoms with E-state index in [0.717, 1.165) is 18.5 Å². The lowest BCUT2D eigenvalue weighted by molar-refractivity contribution is -0.904. The average Bonchev–Trinajstić information content (AvgIpc) is 2.85. The van der Waals surface area contributed by atoms with Gasteiger partial charge in [-0.2, -0.15) is 13.9 Å². The lowest BCUT2D eigenvalue weighted by Crippen LogP contribution is -2.29. The Morgan fingerprint density at radius 3 is 2.79 bits per heavy atom. The van der Waals surface area contributed by atoms with Crippen molar-refractivity contribution in [3.8, 4) is 17.0 Å². The van der Waals surface area contributed by atoms with E-state index in [1.807, 2.05) is 0 Å². The molecule has 0 aliphatic heterocycles. The number of esters is 1. The lowest BCUT2D eigenvalue weighted by atomic mass is 10.1. The van der Waals surface area contributed by atoms with Crippen LogP contribution in [0, 0.1) is 0 Å². The molecule has 7 nitrogen and oxygen atoms in total. The largest absolute Gasteiger partial charge is 0.461 e. The maximum absolute atomic E-state index is 12.6. The fourth-order valence-electron chi connectivity index (χ4n) is 2.11. The molecular formula is C14H15ClF2N3O4+. The predicted molar refractivity (Wildman–Crippen MR) is 78.3 cm³/mol. The third-order valence-corrected chi connectivity index (χ3v) is 3.40. The van der Waals surface area contributed by atoms with E-state index in [9.17, 15) is 18.8 Å². The van der Waals surface area contributed by atoms with Crippen LogP contribution in [0.25, 0.3) is 11.3 Å². The quantitative estimate of drug-likeness (QED) is 0.485. The molecule has 130 valence electrons. The van der Waals surface area contributed by atoms with Crippen molar-refractivity contribution in [3.05, 3.63) is 29.2 Å². The minimum Gasteiger partial charge on any atom is -0.461 e. The normalized spacial score (nSPS) is 10.9. The SMILES string of the molecule is CCOC(=O)c1nn(CC)c(-c2c[n+](O)ccc2OC(F)F)c1Cl. The molecule has 0 aliphatic carbocycles. The number of hydrogen-bond donors (Lipinski definition) is 1. The molecule has 0 unspecified atom stereocenters. The molecule has 0 spiro atoms. The molecule has 0 fully saturated rings. The van der Waals surface area contributed by atoms with Gasteiger partial charge in [0.15, 0.2) is 5.69 Å². The van der Waals surface area contributed by atoms with E-state index in [1.54, 1.807) is 13.8 Å². The number of carbonyl (C=O) groups is 1. The number of ether oxygens (including phenoxy) is 2. The molecule has 0 aliphatic rings. The molecule has 2 rings (SSSR count). The fraction of sp³-hybridized carbons (Fsp3) is 0.357. The monoisotopic (exact) mass is 362 g/mol. The van der Waals surface area contributed by atoms with Gasteiger partial charge in [0.25, 0.3) is 0 Å². The number of halogens is 3. The second-order valence-corrected chi connectivity index (χ2v) is 4.91. The summed E-state index contributed by atoms with van der Waals surface area (Å²) >= 11 is 6.22. The van der Waals surface area contributed by atoms with Crippen molar-refractivity contribution in [1.82, 2.24) is 9.78 Å². The first-order valence-corrected chi connectivity index (χ1v) is 7.39. The second-order valence-electron chi connectivity index (χ2n) is 4.53. The number of hydrogen-bond acceptors (Lipinski definition) is 5. The molecule has 1 N–H and O–H groups in total. The second kappa shape index (κ2) is 7.43. The fourth-order valence-corrected chi connectivity index (χ4v) is 2.42. The van der Waals surface area contributed by atoms with Crippen molar-refractivity contribution < 1.29 is 33.0 Å². The molecule has 2 heterocycles. The Kier molecular flexibility index (Phi) is 5.55. The maximum Gasteiger partial charge on any atom is 0.387 e. The summed E-state index contributed by atoms with van der Waals surface area (Å²) in [5.74, 6) is -0.956. The van der Waals surface area contributed by atoms with Crippen LogP contribution < -0.4 is 9.47 Å². The molecule has 0 saturated heterocycles. The summed E-state index contributed by atoms with van der Waals surface area (Å²) in [7, 11) is 0. The minimum atomic E-state index is -3.07. The van der Waals surface area contributed by atoms with E-state index in [4.69, 9.17) is 16.3 Å². The maximum atomic E-state index is 12.6. The molecule has 0 radical (unpaired) electrons. The molecule has 2 aromatic heterocycles. The van der Waals surface area contributed by atoms with Gasteiger partial charge in [0.1, 0.15) is 16.3 Å². The Morgan fingerprint density at radius 2 is 2.21 bits per heavy atom. The van der Waals surface area contributed by atoms with Crippen LogP contribution in [0.15, 0.2) is 18.5 Å². The van der Waals surface area contributed by atoms with Crippen LogP contribution in [0.5, 0.6) is 5.75 Å². The Hall–Kier alpha value is -2.42. The first-order chi connectivity index (χ1) is 11.4. The van der Waals surface area contributed by atoms with Gasteiger partial charge >= 0.3 is 12.6 Å². The highest BCUT2D eigenvalue weighted by molar-refractivity contribution is 6.35. The number of nitrogens with zero attached hydrogens (tertiary/aromatic N) is 3. The zero-order valence-electron chi connectivity index (χ0n) is 12.9. The van der Waals surface area contributed by atoms with Crippen molar-refractivity contribution in [2.24, 2.45) is 0 Å². The Morgan fingerprint density at radius 1 is 1.50 bits per heavy atom. The van der Waals surface area contributed by atoms with E-state index in [0.29, 0.717) is 11.3 Å². The highest BCUT2D eigenvalue weighted by Crippen LogP contribution is 2.36. The van der Waals surface area contributed by atoms with Gasteiger partial charge in [-0.3, -0.25) is 9.89 Å². The first kappa shape index (κ1) is 17.9. The minimum absolute atomic E-state index is 0.0511. The van der Waals surface area contributed by atoms with Gasteiger partial charge in [-0.25, -0.2) is 4.79 Å². The van der Waals surface area contributed by atoms with Crippen molar-refractivity contribution in [2.45, 2.75) is 27.0 Å². The zero-order chi connectivity index (χ0) is 17.9. The van der Waals surface area contributed by atoms with Gasteiger partial charge in [-0.05, 0) is 13.8 Å².